The molecular weight excluding hydrogens is 328 g/mol. The lowest BCUT2D eigenvalue weighted by Gasteiger charge is -2.34. The minimum Gasteiger partial charge on any atom is -0.378 e. The maximum atomic E-state index is 5.29. The number of aromatic nitrogens is 4. The number of piperidine rings is 1. The highest BCUT2D eigenvalue weighted by Crippen LogP contribution is 2.25. The molecule has 2 aromatic heterocycles. The topological polar surface area (TPSA) is 76.1 Å². The largest absolute Gasteiger partial charge is 0.378 e. The first-order valence-corrected chi connectivity index (χ1v) is 9.12. The number of anilines is 2. The van der Waals surface area contributed by atoms with Crippen LogP contribution >= 0.6 is 0 Å². The van der Waals surface area contributed by atoms with E-state index >= 15 is 0 Å². The maximum Gasteiger partial charge on any atom is 0.148 e. The van der Waals surface area contributed by atoms with E-state index < -0.39 is 0 Å². The molecule has 1 aliphatic rings. The van der Waals surface area contributed by atoms with E-state index in [1.54, 1.807) is 13.3 Å². The molecule has 0 amide bonds. The van der Waals surface area contributed by atoms with Crippen molar-refractivity contribution in [2.75, 3.05) is 30.4 Å². The Morgan fingerprint density at radius 3 is 2.62 bits per heavy atom. The standard InChI is InChI=1S/C19H28N6O/c1-19(2,3)18-22-15(13-26-4)12-17(23-18)25-10-7-14(8-11-25)21-16-6-5-9-20-24-16/h5-6,9,12,14H,7-8,10-11,13H2,1-4H3,(H,21,24). The molecule has 1 N–H and O–H groups in total. The first-order valence-electron chi connectivity index (χ1n) is 9.12. The van der Waals surface area contributed by atoms with Crippen LogP contribution in [0, 0.1) is 0 Å². The second kappa shape index (κ2) is 7.95. The van der Waals surface area contributed by atoms with Gasteiger partial charge in [-0.2, -0.15) is 5.10 Å². The molecule has 3 rings (SSSR count). The molecule has 1 fully saturated rings. The Morgan fingerprint density at radius 1 is 1.23 bits per heavy atom. The molecule has 0 aromatic carbocycles. The van der Waals surface area contributed by atoms with E-state index in [1.807, 2.05) is 12.1 Å². The number of ether oxygens (including phenoxy) is 1. The normalized spacial score (nSPS) is 15.9. The zero-order chi connectivity index (χ0) is 18.6. The zero-order valence-electron chi connectivity index (χ0n) is 16.1. The van der Waals surface area contributed by atoms with Crippen LogP contribution in [0.4, 0.5) is 11.6 Å². The van der Waals surface area contributed by atoms with E-state index in [-0.39, 0.29) is 5.41 Å². The summed E-state index contributed by atoms with van der Waals surface area (Å²) in [6, 6.07) is 6.31. The molecule has 0 radical (unpaired) electrons. The van der Waals surface area contributed by atoms with E-state index in [0.29, 0.717) is 12.6 Å². The minimum absolute atomic E-state index is 0.0929. The highest BCUT2D eigenvalue weighted by atomic mass is 16.5. The molecule has 0 aliphatic carbocycles. The fraction of sp³-hybridized carbons (Fsp3) is 0.579. The smallest absolute Gasteiger partial charge is 0.148 e. The summed E-state index contributed by atoms with van der Waals surface area (Å²) in [5, 5.41) is 11.5. The van der Waals surface area contributed by atoms with Crippen molar-refractivity contribution in [1.82, 2.24) is 20.2 Å². The predicted octanol–water partition coefficient (Wildman–Crippen LogP) is 2.79. The lowest BCUT2D eigenvalue weighted by atomic mass is 9.95. The summed E-state index contributed by atoms with van der Waals surface area (Å²) in [6.45, 7) is 8.82. The fourth-order valence-electron chi connectivity index (χ4n) is 3.04. The Balaban J connectivity index is 1.69. The van der Waals surface area contributed by atoms with Gasteiger partial charge >= 0.3 is 0 Å². The number of methoxy groups -OCH3 is 1. The van der Waals surface area contributed by atoms with Crippen molar-refractivity contribution >= 4 is 11.6 Å². The van der Waals surface area contributed by atoms with Crippen molar-refractivity contribution in [3.63, 3.8) is 0 Å². The van der Waals surface area contributed by atoms with E-state index in [9.17, 15) is 0 Å². The van der Waals surface area contributed by atoms with Gasteiger partial charge in [0.05, 0.1) is 12.3 Å². The SMILES string of the molecule is COCc1cc(N2CCC(Nc3cccnn3)CC2)nc(C(C)(C)C)n1. The molecule has 3 heterocycles. The fourth-order valence-corrected chi connectivity index (χ4v) is 3.04. The van der Waals surface area contributed by atoms with Gasteiger partial charge < -0.3 is 15.0 Å². The number of hydrogen-bond acceptors (Lipinski definition) is 7. The van der Waals surface area contributed by atoms with Crippen molar-refractivity contribution in [3.8, 4) is 0 Å². The van der Waals surface area contributed by atoms with Crippen molar-refractivity contribution in [2.24, 2.45) is 0 Å². The molecule has 140 valence electrons. The van der Waals surface area contributed by atoms with Gasteiger partial charge in [-0.3, -0.25) is 0 Å². The molecule has 0 spiro atoms. The van der Waals surface area contributed by atoms with Gasteiger partial charge in [-0.15, -0.1) is 5.10 Å². The van der Waals surface area contributed by atoms with E-state index in [2.05, 4.69) is 52.2 Å². The molecule has 7 heteroatoms. The summed E-state index contributed by atoms with van der Waals surface area (Å²) < 4.78 is 5.29. The monoisotopic (exact) mass is 356 g/mol. The Kier molecular flexibility index (Phi) is 5.66. The van der Waals surface area contributed by atoms with Crippen molar-refractivity contribution in [2.45, 2.75) is 51.7 Å². The summed E-state index contributed by atoms with van der Waals surface area (Å²) in [7, 11) is 1.70. The minimum atomic E-state index is -0.0929. The number of nitrogens with one attached hydrogen (secondary N) is 1. The molecule has 26 heavy (non-hydrogen) atoms. The molecule has 0 bridgehead atoms. The van der Waals surface area contributed by atoms with Gasteiger partial charge in [0, 0.05) is 43.9 Å². The molecule has 7 nitrogen and oxygen atoms in total. The van der Waals surface area contributed by atoms with Crippen molar-refractivity contribution in [1.29, 1.82) is 0 Å². The van der Waals surface area contributed by atoms with Crippen LogP contribution in [0.5, 0.6) is 0 Å². The molecule has 1 aliphatic heterocycles. The van der Waals surface area contributed by atoms with E-state index in [4.69, 9.17) is 9.72 Å². The average molecular weight is 356 g/mol. The van der Waals surface area contributed by atoms with Crippen molar-refractivity contribution in [3.05, 3.63) is 35.9 Å². The van der Waals surface area contributed by atoms with Crippen LogP contribution in [0.2, 0.25) is 0 Å². The van der Waals surface area contributed by atoms with E-state index in [0.717, 1.165) is 49.1 Å². The van der Waals surface area contributed by atoms with Crippen LogP contribution in [0.3, 0.4) is 0 Å². The average Bonchev–Trinajstić information content (AvgIpc) is 2.62. The Bertz CT molecular complexity index is 708. The Morgan fingerprint density at radius 2 is 2.00 bits per heavy atom. The molecule has 0 saturated carbocycles. The van der Waals surface area contributed by atoms with Crippen LogP contribution in [0.25, 0.3) is 0 Å². The maximum absolute atomic E-state index is 5.29. The first kappa shape index (κ1) is 18.5. The van der Waals surface area contributed by atoms with Crippen LogP contribution in [0.15, 0.2) is 24.4 Å². The summed E-state index contributed by atoms with van der Waals surface area (Å²) in [6.07, 6.45) is 3.75. The quantitative estimate of drug-likeness (QED) is 0.883. The molecule has 0 unspecified atom stereocenters. The van der Waals surface area contributed by atoms with Gasteiger partial charge in [0.2, 0.25) is 0 Å². The molecular formula is C19H28N6O. The molecule has 2 aromatic rings. The molecule has 1 saturated heterocycles. The summed E-state index contributed by atoms with van der Waals surface area (Å²) >= 11 is 0. The Labute approximate surface area is 155 Å². The second-order valence-corrected chi connectivity index (χ2v) is 7.74. The number of hydrogen-bond donors (Lipinski definition) is 1. The third-order valence-corrected chi connectivity index (χ3v) is 4.47. The third kappa shape index (κ3) is 4.66. The summed E-state index contributed by atoms with van der Waals surface area (Å²) in [5.74, 6) is 2.70. The van der Waals surface area contributed by atoms with Gasteiger partial charge in [-0.25, -0.2) is 9.97 Å². The van der Waals surface area contributed by atoms with Crippen LogP contribution < -0.4 is 10.2 Å². The van der Waals surface area contributed by atoms with Gasteiger partial charge in [0.25, 0.3) is 0 Å². The van der Waals surface area contributed by atoms with Gasteiger partial charge in [0.1, 0.15) is 17.5 Å². The van der Waals surface area contributed by atoms with Crippen molar-refractivity contribution < 1.29 is 4.74 Å². The Hall–Kier alpha value is -2.28. The summed E-state index contributed by atoms with van der Waals surface area (Å²) in [4.78, 5) is 11.8. The lowest BCUT2D eigenvalue weighted by Crippen LogP contribution is -2.40. The van der Waals surface area contributed by atoms with Gasteiger partial charge in [0.15, 0.2) is 0 Å². The summed E-state index contributed by atoms with van der Waals surface area (Å²) in [5.41, 5.74) is 0.840. The number of rotatable bonds is 5. The predicted molar refractivity (Wildman–Crippen MR) is 102 cm³/mol. The van der Waals surface area contributed by atoms with Gasteiger partial charge in [-0.1, -0.05) is 20.8 Å². The highest BCUT2D eigenvalue weighted by Gasteiger charge is 2.24. The van der Waals surface area contributed by atoms with Crippen LogP contribution in [-0.2, 0) is 16.8 Å². The highest BCUT2D eigenvalue weighted by molar-refractivity contribution is 5.42. The van der Waals surface area contributed by atoms with E-state index in [1.165, 1.54) is 0 Å². The number of nitrogens with zero attached hydrogens (tertiary/aromatic N) is 5. The zero-order valence-corrected chi connectivity index (χ0v) is 16.1. The van der Waals surface area contributed by atoms with Crippen LogP contribution in [0.1, 0.15) is 45.1 Å². The second-order valence-electron chi connectivity index (χ2n) is 7.74. The lowest BCUT2D eigenvalue weighted by molar-refractivity contribution is 0.181. The van der Waals surface area contributed by atoms with Gasteiger partial charge in [-0.05, 0) is 25.0 Å². The third-order valence-electron chi connectivity index (χ3n) is 4.47. The first-order chi connectivity index (χ1) is 12.5. The molecule has 0 atom stereocenters. The van der Waals surface area contributed by atoms with Crippen LogP contribution in [-0.4, -0.2) is 46.4 Å².